The number of hydrogen-bond acceptors (Lipinski definition) is 4. The van der Waals surface area contributed by atoms with Crippen molar-refractivity contribution in [2.75, 3.05) is 18.4 Å². The number of nitro benzene ring substituents is 1. The Morgan fingerprint density at radius 1 is 1.20 bits per heavy atom. The van der Waals surface area contributed by atoms with Crippen molar-refractivity contribution in [1.29, 1.82) is 0 Å². The van der Waals surface area contributed by atoms with Crippen LogP contribution in [-0.2, 0) is 11.3 Å². The monoisotopic (exact) mass is 339 g/mol. The van der Waals surface area contributed by atoms with Crippen LogP contribution in [0.3, 0.4) is 0 Å². The van der Waals surface area contributed by atoms with E-state index in [1.165, 1.54) is 17.7 Å². The van der Waals surface area contributed by atoms with Crippen LogP contribution >= 0.6 is 0 Å². The second kappa shape index (κ2) is 7.90. The highest BCUT2D eigenvalue weighted by Gasteiger charge is 2.26. The number of rotatable bonds is 5. The van der Waals surface area contributed by atoms with Crippen molar-refractivity contribution < 1.29 is 9.72 Å². The van der Waals surface area contributed by atoms with Crippen LogP contribution in [0.5, 0.6) is 0 Å². The van der Waals surface area contributed by atoms with Crippen molar-refractivity contribution in [2.24, 2.45) is 5.92 Å². The molecule has 130 valence electrons. The van der Waals surface area contributed by atoms with Gasteiger partial charge >= 0.3 is 0 Å². The third-order valence-electron chi connectivity index (χ3n) is 4.45. The lowest BCUT2D eigenvalue weighted by Crippen LogP contribution is -2.40. The van der Waals surface area contributed by atoms with Gasteiger partial charge in [0.1, 0.15) is 0 Å². The highest BCUT2D eigenvalue weighted by atomic mass is 16.6. The summed E-state index contributed by atoms with van der Waals surface area (Å²) in [5.41, 5.74) is 1.69. The Labute approximate surface area is 146 Å². The summed E-state index contributed by atoms with van der Waals surface area (Å²) in [7, 11) is 0. The standard InChI is InChI=1S/C19H21N3O3/c23-19(20-17-9-4-10-18(12-17)22(24)25)16-8-5-11-21(14-16)13-15-6-2-1-3-7-15/h1-4,6-7,9-10,12,16H,5,8,11,13-14H2,(H,20,23)/t16-/m0/s1. The number of nitrogens with one attached hydrogen (secondary N) is 1. The summed E-state index contributed by atoms with van der Waals surface area (Å²) in [4.78, 5) is 25.2. The zero-order chi connectivity index (χ0) is 17.6. The number of anilines is 1. The Hall–Kier alpha value is -2.73. The molecule has 0 aromatic heterocycles. The molecule has 6 nitrogen and oxygen atoms in total. The number of likely N-dealkylation sites (tertiary alicyclic amines) is 1. The Balaban J connectivity index is 1.60. The normalized spacial score (nSPS) is 17.8. The number of non-ortho nitro benzene ring substituents is 1. The predicted octanol–water partition coefficient (Wildman–Crippen LogP) is 3.45. The number of nitrogens with zero attached hydrogens (tertiary/aromatic N) is 2. The third kappa shape index (κ3) is 4.64. The molecule has 1 aliphatic heterocycles. The molecule has 1 fully saturated rings. The molecule has 2 aromatic rings. The first-order chi connectivity index (χ1) is 12.1. The molecular formula is C19H21N3O3. The fraction of sp³-hybridized carbons (Fsp3) is 0.316. The lowest BCUT2D eigenvalue weighted by atomic mass is 9.96. The van der Waals surface area contributed by atoms with E-state index in [0.29, 0.717) is 12.2 Å². The molecule has 1 saturated heterocycles. The van der Waals surface area contributed by atoms with Gasteiger partial charge in [0.2, 0.25) is 5.91 Å². The minimum Gasteiger partial charge on any atom is -0.326 e. The summed E-state index contributed by atoms with van der Waals surface area (Å²) in [6, 6.07) is 16.3. The van der Waals surface area contributed by atoms with E-state index in [-0.39, 0.29) is 17.5 Å². The zero-order valence-electron chi connectivity index (χ0n) is 13.9. The Kier molecular flexibility index (Phi) is 5.40. The minimum absolute atomic E-state index is 0.0212. The van der Waals surface area contributed by atoms with Gasteiger partial charge in [-0.25, -0.2) is 0 Å². The van der Waals surface area contributed by atoms with Crippen LogP contribution in [0, 0.1) is 16.0 Å². The molecule has 0 bridgehead atoms. The number of piperidine rings is 1. The molecule has 25 heavy (non-hydrogen) atoms. The van der Waals surface area contributed by atoms with E-state index >= 15 is 0 Å². The van der Waals surface area contributed by atoms with Crippen molar-refractivity contribution in [3.05, 3.63) is 70.3 Å². The maximum absolute atomic E-state index is 12.5. The first-order valence-electron chi connectivity index (χ1n) is 8.43. The highest BCUT2D eigenvalue weighted by Crippen LogP contribution is 2.22. The predicted molar refractivity (Wildman–Crippen MR) is 96.2 cm³/mol. The molecule has 0 aliphatic carbocycles. The van der Waals surface area contributed by atoms with Crippen molar-refractivity contribution in [2.45, 2.75) is 19.4 Å². The van der Waals surface area contributed by atoms with Gasteiger partial charge in [0.05, 0.1) is 10.8 Å². The van der Waals surface area contributed by atoms with Crippen molar-refractivity contribution in [3.8, 4) is 0 Å². The molecule has 0 saturated carbocycles. The Morgan fingerprint density at radius 2 is 2.00 bits per heavy atom. The van der Waals surface area contributed by atoms with E-state index in [4.69, 9.17) is 0 Å². The fourth-order valence-corrected chi connectivity index (χ4v) is 3.20. The Morgan fingerprint density at radius 3 is 2.76 bits per heavy atom. The van der Waals surface area contributed by atoms with E-state index < -0.39 is 4.92 Å². The van der Waals surface area contributed by atoms with Crippen LogP contribution in [0.25, 0.3) is 0 Å². The summed E-state index contributed by atoms with van der Waals surface area (Å²) < 4.78 is 0. The zero-order valence-corrected chi connectivity index (χ0v) is 13.9. The van der Waals surface area contributed by atoms with Gasteiger partial charge in [-0.05, 0) is 31.0 Å². The maximum Gasteiger partial charge on any atom is 0.271 e. The van der Waals surface area contributed by atoms with E-state index in [2.05, 4.69) is 22.3 Å². The molecule has 1 amide bonds. The molecule has 1 aliphatic rings. The number of benzene rings is 2. The summed E-state index contributed by atoms with van der Waals surface area (Å²) in [6.45, 7) is 2.52. The van der Waals surface area contributed by atoms with Crippen LogP contribution in [0.2, 0.25) is 0 Å². The summed E-state index contributed by atoms with van der Waals surface area (Å²) in [6.07, 6.45) is 1.81. The first kappa shape index (κ1) is 17.1. The van der Waals surface area contributed by atoms with Crippen molar-refractivity contribution in [1.82, 2.24) is 4.90 Å². The smallest absolute Gasteiger partial charge is 0.271 e. The summed E-state index contributed by atoms with van der Waals surface area (Å²) in [5, 5.41) is 13.7. The van der Waals surface area contributed by atoms with Gasteiger partial charge in [0, 0.05) is 30.9 Å². The number of carbonyl (C=O) groups is 1. The fourth-order valence-electron chi connectivity index (χ4n) is 3.20. The molecule has 1 N–H and O–H groups in total. The Bertz CT molecular complexity index is 749. The summed E-state index contributed by atoms with van der Waals surface area (Å²) in [5.74, 6) is -0.171. The second-order valence-corrected chi connectivity index (χ2v) is 6.36. The number of carbonyl (C=O) groups excluding carboxylic acids is 1. The quantitative estimate of drug-likeness (QED) is 0.669. The van der Waals surface area contributed by atoms with Gasteiger partial charge in [0.25, 0.3) is 5.69 Å². The molecule has 2 aromatic carbocycles. The lowest BCUT2D eigenvalue weighted by Gasteiger charge is -2.32. The number of hydrogen-bond donors (Lipinski definition) is 1. The van der Waals surface area contributed by atoms with Crippen LogP contribution in [0.15, 0.2) is 54.6 Å². The van der Waals surface area contributed by atoms with Gasteiger partial charge in [-0.1, -0.05) is 36.4 Å². The number of nitro groups is 1. The van der Waals surface area contributed by atoms with E-state index in [0.717, 1.165) is 25.9 Å². The lowest BCUT2D eigenvalue weighted by molar-refractivity contribution is -0.384. The van der Waals surface area contributed by atoms with E-state index in [1.807, 2.05) is 18.2 Å². The molecule has 1 atom stereocenters. The molecular weight excluding hydrogens is 318 g/mol. The number of amides is 1. The van der Waals surface area contributed by atoms with Crippen LogP contribution in [-0.4, -0.2) is 28.8 Å². The van der Waals surface area contributed by atoms with E-state index in [9.17, 15) is 14.9 Å². The molecule has 0 radical (unpaired) electrons. The molecule has 0 unspecified atom stereocenters. The van der Waals surface area contributed by atoms with Gasteiger partial charge in [-0.3, -0.25) is 19.8 Å². The minimum atomic E-state index is -0.460. The molecule has 3 rings (SSSR count). The largest absolute Gasteiger partial charge is 0.326 e. The molecule has 6 heteroatoms. The van der Waals surface area contributed by atoms with Gasteiger partial charge in [0.15, 0.2) is 0 Å². The van der Waals surface area contributed by atoms with Gasteiger partial charge in [-0.15, -0.1) is 0 Å². The van der Waals surface area contributed by atoms with Gasteiger partial charge < -0.3 is 5.32 Å². The van der Waals surface area contributed by atoms with Crippen LogP contribution in [0.1, 0.15) is 18.4 Å². The topological polar surface area (TPSA) is 75.5 Å². The van der Waals surface area contributed by atoms with Gasteiger partial charge in [-0.2, -0.15) is 0 Å². The third-order valence-corrected chi connectivity index (χ3v) is 4.45. The highest BCUT2D eigenvalue weighted by molar-refractivity contribution is 5.93. The summed E-state index contributed by atoms with van der Waals surface area (Å²) >= 11 is 0. The first-order valence-corrected chi connectivity index (χ1v) is 8.43. The van der Waals surface area contributed by atoms with Crippen molar-refractivity contribution in [3.63, 3.8) is 0 Å². The molecule has 1 heterocycles. The van der Waals surface area contributed by atoms with Crippen LogP contribution < -0.4 is 5.32 Å². The van der Waals surface area contributed by atoms with Crippen molar-refractivity contribution >= 4 is 17.3 Å². The van der Waals surface area contributed by atoms with E-state index in [1.54, 1.807) is 12.1 Å². The maximum atomic E-state index is 12.5. The average Bonchev–Trinajstić information content (AvgIpc) is 2.63. The average molecular weight is 339 g/mol. The van der Waals surface area contributed by atoms with Crippen LogP contribution in [0.4, 0.5) is 11.4 Å². The molecule has 0 spiro atoms. The SMILES string of the molecule is O=C(Nc1cccc([N+](=O)[O-])c1)[C@H]1CCCN(Cc2ccccc2)C1. The second-order valence-electron chi connectivity index (χ2n) is 6.36.